The highest BCUT2D eigenvalue weighted by Crippen LogP contribution is 2.53. The van der Waals surface area contributed by atoms with E-state index in [1.807, 2.05) is 32.1 Å². The fraction of sp³-hybridized carbons (Fsp3) is 0.525. The van der Waals surface area contributed by atoms with Gasteiger partial charge >= 0.3 is 0 Å². The molecule has 2 aliphatic rings. The molecule has 1 saturated carbocycles. The van der Waals surface area contributed by atoms with E-state index >= 15 is 0 Å². The van der Waals surface area contributed by atoms with Crippen LogP contribution in [0.4, 0.5) is 0 Å². The van der Waals surface area contributed by atoms with Crippen molar-refractivity contribution in [2.45, 2.75) is 120 Å². The van der Waals surface area contributed by atoms with Crippen LogP contribution >= 0.6 is 0 Å². The van der Waals surface area contributed by atoms with E-state index in [0.29, 0.717) is 12.8 Å². The van der Waals surface area contributed by atoms with Crippen LogP contribution in [0.1, 0.15) is 108 Å². The van der Waals surface area contributed by atoms with E-state index in [9.17, 15) is 15.0 Å². The first-order valence-corrected chi connectivity index (χ1v) is 16.0. The maximum atomic E-state index is 12.9. The third-order valence-corrected chi connectivity index (χ3v) is 9.45. The summed E-state index contributed by atoms with van der Waals surface area (Å²) in [5, 5.41) is 20.2. The molecule has 2 aliphatic carbocycles. The maximum Gasteiger partial charge on any atom is 0.162 e. The number of allylic oxidation sites excluding steroid dienone is 17. The van der Waals surface area contributed by atoms with Crippen molar-refractivity contribution in [3.05, 3.63) is 106 Å². The Morgan fingerprint density at radius 1 is 0.721 bits per heavy atom. The predicted molar refractivity (Wildman–Crippen MR) is 185 cm³/mol. The van der Waals surface area contributed by atoms with Crippen LogP contribution < -0.4 is 0 Å². The molecule has 2 N–H and O–H groups in total. The van der Waals surface area contributed by atoms with E-state index in [4.69, 9.17) is 0 Å². The van der Waals surface area contributed by atoms with Crippen LogP contribution in [0.25, 0.3) is 0 Å². The Morgan fingerprint density at radius 2 is 1.26 bits per heavy atom. The Kier molecular flexibility index (Phi) is 13.4. The zero-order valence-corrected chi connectivity index (χ0v) is 28.6. The van der Waals surface area contributed by atoms with Crippen molar-refractivity contribution in [2.75, 3.05) is 0 Å². The summed E-state index contributed by atoms with van der Waals surface area (Å²) in [7, 11) is 0. The molecule has 0 spiro atoms. The summed E-state index contributed by atoms with van der Waals surface area (Å²) in [6, 6.07) is 0. The molecule has 1 fully saturated rings. The van der Waals surface area contributed by atoms with Gasteiger partial charge in [-0.15, -0.1) is 0 Å². The average Bonchev–Trinajstić information content (AvgIpc) is 3.10. The van der Waals surface area contributed by atoms with Gasteiger partial charge in [-0.3, -0.25) is 4.79 Å². The van der Waals surface area contributed by atoms with Crippen molar-refractivity contribution >= 4 is 5.78 Å². The molecule has 0 aliphatic heterocycles. The van der Waals surface area contributed by atoms with E-state index in [-0.39, 0.29) is 22.7 Å². The molecule has 0 heterocycles. The first-order valence-electron chi connectivity index (χ1n) is 16.0. The standard InChI is InChI=1S/C40H58O3/c1-29(17-13-19-31(3)21-23-36-33(5)25-34(41)26-38(36,6)7)15-11-12-16-30(2)18-14-20-32(4)22-24-37(43)40(10)28-35(42)27-39(40,8)9/h13-24,34-35,41-42H,11-12,25-28H2,1-10H3/b17-13+,18-14+,23-21+,24-22+,29-15+,30-16+,31-19-,32-20+/t34-,35-,40-/m1/s1. The Labute approximate surface area is 263 Å². The van der Waals surface area contributed by atoms with Crippen molar-refractivity contribution in [3.8, 4) is 0 Å². The van der Waals surface area contributed by atoms with E-state index in [1.54, 1.807) is 6.08 Å². The number of rotatable bonds is 12. The molecule has 0 bridgehead atoms. The molecular formula is C40H58O3. The molecule has 3 nitrogen and oxygen atoms in total. The first-order chi connectivity index (χ1) is 20.0. The van der Waals surface area contributed by atoms with Gasteiger partial charge in [0.05, 0.1) is 12.2 Å². The van der Waals surface area contributed by atoms with E-state index in [1.165, 1.54) is 27.9 Å². The fourth-order valence-electron chi connectivity index (χ4n) is 6.43. The number of hydrogen-bond donors (Lipinski definition) is 2. The van der Waals surface area contributed by atoms with Crippen molar-refractivity contribution in [3.63, 3.8) is 0 Å². The van der Waals surface area contributed by atoms with Gasteiger partial charge in [-0.25, -0.2) is 0 Å². The normalized spacial score (nSPS) is 27.5. The minimum absolute atomic E-state index is 0.00232. The second kappa shape index (κ2) is 15.8. The Morgan fingerprint density at radius 3 is 1.74 bits per heavy atom. The highest BCUT2D eigenvalue weighted by molar-refractivity contribution is 5.95. The topological polar surface area (TPSA) is 57.5 Å². The van der Waals surface area contributed by atoms with Crippen molar-refractivity contribution in [2.24, 2.45) is 16.2 Å². The number of hydrogen-bond acceptors (Lipinski definition) is 3. The molecular weight excluding hydrogens is 528 g/mol. The number of carbonyl (C=O) groups is 1. The first kappa shape index (κ1) is 36.4. The summed E-state index contributed by atoms with van der Waals surface area (Å²) in [4.78, 5) is 12.9. The lowest BCUT2D eigenvalue weighted by Gasteiger charge is -2.35. The summed E-state index contributed by atoms with van der Waals surface area (Å²) in [5.74, 6) is 0.0944. The van der Waals surface area contributed by atoms with E-state index in [2.05, 4.69) is 104 Å². The van der Waals surface area contributed by atoms with Gasteiger partial charge in [0.1, 0.15) is 0 Å². The molecule has 2 rings (SSSR count). The average molecular weight is 587 g/mol. The number of ketones is 1. The number of aliphatic hydroxyl groups is 2. The SMILES string of the molecule is CC1=C(/C=C/C(C)=C\C=C\C(C)=C\CC/C=C(C)/C=C/C=C(C)/C=C/C(=O)[C@@]2(C)C[C@H](O)CC2(C)C)C(C)(C)C[C@H](O)C1. The molecule has 3 atom stereocenters. The number of aliphatic hydroxyl groups excluding tert-OH is 2. The summed E-state index contributed by atoms with van der Waals surface area (Å²) >= 11 is 0. The zero-order valence-electron chi connectivity index (χ0n) is 28.6. The third-order valence-electron chi connectivity index (χ3n) is 9.45. The van der Waals surface area contributed by atoms with Crippen LogP contribution in [0.3, 0.4) is 0 Å². The monoisotopic (exact) mass is 586 g/mol. The third kappa shape index (κ3) is 11.0. The van der Waals surface area contributed by atoms with E-state index in [0.717, 1.165) is 31.3 Å². The van der Waals surface area contributed by atoms with Gasteiger partial charge in [-0.2, -0.15) is 0 Å². The second-order valence-corrected chi connectivity index (χ2v) is 14.5. The van der Waals surface area contributed by atoms with Crippen LogP contribution in [0, 0.1) is 16.2 Å². The van der Waals surface area contributed by atoms with Crippen LogP contribution in [0.5, 0.6) is 0 Å². The molecule has 0 aromatic rings. The molecule has 0 aromatic heterocycles. The molecule has 3 heteroatoms. The fourth-order valence-corrected chi connectivity index (χ4v) is 6.43. The number of carbonyl (C=O) groups excluding carboxylic acids is 1. The van der Waals surface area contributed by atoms with Gasteiger partial charge in [0.25, 0.3) is 0 Å². The highest BCUT2D eigenvalue weighted by Gasteiger charge is 2.52. The molecule has 0 aromatic carbocycles. The second-order valence-electron chi connectivity index (χ2n) is 14.5. The summed E-state index contributed by atoms with van der Waals surface area (Å²) < 4.78 is 0. The molecule has 0 radical (unpaired) electrons. The van der Waals surface area contributed by atoms with Crippen molar-refractivity contribution < 1.29 is 15.0 Å². The van der Waals surface area contributed by atoms with Gasteiger partial charge in [0, 0.05) is 5.41 Å². The number of unbranched alkanes of at least 4 members (excludes halogenated alkanes) is 1. The van der Waals surface area contributed by atoms with Gasteiger partial charge in [-0.05, 0) is 95.6 Å². The summed E-state index contributed by atoms with van der Waals surface area (Å²) in [6.45, 7) is 21.1. The lowest BCUT2D eigenvalue weighted by molar-refractivity contribution is -0.127. The minimum atomic E-state index is -0.524. The van der Waals surface area contributed by atoms with Crippen LogP contribution in [0.15, 0.2) is 106 Å². The molecule has 0 amide bonds. The molecule has 43 heavy (non-hydrogen) atoms. The lowest BCUT2D eigenvalue weighted by Crippen LogP contribution is -2.36. The Bertz CT molecular complexity index is 1270. The van der Waals surface area contributed by atoms with Crippen molar-refractivity contribution in [1.82, 2.24) is 0 Å². The van der Waals surface area contributed by atoms with Gasteiger partial charge < -0.3 is 10.2 Å². The Balaban J connectivity index is 1.83. The molecule has 0 saturated heterocycles. The summed E-state index contributed by atoms with van der Waals surface area (Å²) in [6.07, 6.45) is 29.2. The van der Waals surface area contributed by atoms with E-state index < -0.39 is 11.5 Å². The summed E-state index contributed by atoms with van der Waals surface area (Å²) in [5.41, 5.74) is 6.59. The predicted octanol–water partition coefficient (Wildman–Crippen LogP) is 10.0. The maximum absolute atomic E-state index is 12.9. The Hall–Kier alpha value is -2.75. The molecule has 0 unspecified atom stereocenters. The quantitative estimate of drug-likeness (QED) is 0.136. The van der Waals surface area contributed by atoms with Gasteiger partial charge in [0.15, 0.2) is 5.78 Å². The van der Waals surface area contributed by atoms with Crippen LogP contribution in [-0.2, 0) is 4.79 Å². The lowest BCUT2D eigenvalue weighted by atomic mass is 9.66. The van der Waals surface area contributed by atoms with Crippen LogP contribution in [0.2, 0.25) is 0 Å². The largest absolute Gasteiger partial charge is 0.393 e. The van der Waals surface area contributed by atoms with Crippen molar-refractivity contribution in [1.29, 1.82) is 0 Å². The highest BCUT2D eigenvalue weighted by atomic mass is 16.3. The van der Waals surface area contributed by atoms with Crippen LogP contribution in [-0.4, -0.2) is 28.2 Å². The smallest absolute Gasteiger partial charge is 0.162 e. The van der Waals surface area contributed by atoms with Gasteiger partial charge in [0.2, 0.25) is 0 Å². The molecule has 236 valence electrons. The van der Waals surface area contributed by atoms with Gasteiger partial charge in [-0.1, -0.05) is 129 Å². The minimum Gasteiger partial charge on any atom is -0.393 e. The zero-order chi connectivity index (χ0) is 32.4.